The SMILES string of the molecule is O=C(c1ccc(C2CCCCC2)cc1)N1CC(N2CCN(C(=O)c3ccco3)CC2)C1. The molecule has 2 aliphatic heterocycles. The van der Waals surface area contributed by atoms with Crippen LogP contribution in [0.2, 0.25) is 0 Å². The van der Waals surface area contributed by atoms with Crippen LogP contribution in [0.3, 0.4) is 0 Å². The molecule has 3 fully saturated rings. The summed E-state index contributed by atoms with van der Waals surface area (Å²) in [6.45, 7) is 4.63. The number of rotatable bonds is 4. The Hall–Kier alpha value is -2.60. The lowest BCUT2D eigenvalue weighted by Gasteiger charge is -2.48. The Bertz CT molecular complexity index is 889. The van der Waals surface area contributed by atoms with Crippen molar-refractivity contribution in [3.63, 3.8) is 0 Å². The van der Waals surface area contributed by atoms with Crippen molar-refractivity contribution in [1.82, 2.24) is 14.7 Å². The third-order valence-electron chi connectivity index (χ3n) is 7.23. The second-order valence-electron chi connectivity index (χ2n) is 9.13. The molecular formula is C25H31N3O3. The molecule has 1 aromatic carbocycles. The summed E-state index contributed by atoms with van der Waals surface area (Å²) in [5, 5.41) is 0. The zero-order chi connectivity index (χ0) is 21.2. The molecule has 3 aliphatic rings. The summed E-state index contributed by atoms with van der Waals surface area (Å²) in [6.07, 6.45) is 8.10. The third-order valence-corrected chi connectivity index (χ3v) is 7.23. The zero-order valence-corrected chi connectivity index (χ0v) is 18.0. The summed E-state index contributed by atoms with van der Waals surface area (Å²) in [6, 6.07) is 12.2. The highest BCUT2D eigenvalue weighted by Crippen LogP contribution is 2.32. The molecule has 2 aromatic rings. The van der Waals surface area contributed by atoms with Gasteiger partial charge in [0, 0.05) is 50.9 Å². The first-order chi connectivity index (χ1) is 15.2. The second kappa shape index (κ2) is 8.87. The quantitative estimate of drug-likeness (QED) is 0.757. The number of benzene rings is 1. The molecular weight excluding hydrogens is 390 g/mol. The molecule has 1 aromatic heterocycles. The molecule has 0 unspecified atom stereocenters. The van der Waals surface area contributed by atoms with Crippen molar-refractivity contribution in [2.45, 2.75) is 44.1 Å². The third kappa shape index (κ3) is 4.26. The number of likely N-dealkylation sites (tertiary alicyclic amines) is 1. The molecule has 0 atom stereocenters. The molecule has 2 saturated heterocycles. The average molecular weight is 422 g/mol. The van der Waals surface area contributed by atoms with Gasteiger partial charge in [-0.1, -0.05) is 31.4 Å². The zero-order valence-electron chi connectivity index (χ0n) is 18.0. The molecule has 0 bridgehead atoms. The van der Waals surface area contributed by atoms with Crippen LogP contribution in [-0.4, -0.2) is 71.8 Å². The van der Waals surface area contributed by atoms with Gasteiger partial charge < -0.3 is 14.2 Å². The summed E-state index contributed by atoms with van der Waals surface area (Å²) < 4.78 is 5.23. The molecule has 3 heterocycles. The molecule has 2 amide bonds. The predicted molar refractivity (Wildman–Crippen MR) is 118 cm³/mol. The molecule has 6 nitrogen and oxygen atoms in total. The Kier molecular flexibility index (Phi) is 5.81. The largest absolute Gasteiger partial charge is 0.459 e. The number of furan rings is 1. The van der Waals surface area contributed by atoms with Gasteiger partial charge in [0.2, 0.25) is 0 Å². The van der Waals surface area contributed by atoms with Crippen LogP contribution in [-0.2, 0) is 0 Å². The molecule has 1 saturated carbocycles. The van der Waals surface area contributed by atoms with Crippen LogP contribution in [0.25, 0.3) is 0 Å². The van der Waals surface area contributed by atoms with E-state index in [2.05, 4.69) is 17.0 Å². The van der Waals surface area contributed by atoms with Crippen molar-refractivity contribution in [3.8, 4) is 0 Å². The van der Waals surface area contributed by atoms with Crippen molar-refractivity contribution in [1.29, 1.82) is 0 Å². The van der Waals surface area contributed by atoms with Crippen LogP contribution >= 0.6 is 0 Å². The van der Waals surface area contributed by atoms with E-state index in [-0.39, 0.29) is 11.8 Å². The van der Waals surface area contributed by atoms with Crippen LogP contribution in [0.5, 0.6) is 0 Å². The van der Waals surface area contributed by atoms with Crippen LogP contribution in [0, 0.1) is 0 Å². The van der Waals surface area contributed by atoms with E-state index in [0.29, 0.717) is 30.8 Å². The standard InChI is InChI=1S/C25H31N3O3/c29-24(21-10-8-20(9-11-21)19-5-2-1-3-6-19)28-17-22(18-28)26-12-14-27(15-13-26)25(30)23-7-4-16-31-23/h4,7-11,16,19,22H,1-3,5-6,12-15,17-18H2. The van der Waals surface area contributed by atoms with Crippen molar-refractivity contribution < 1.29 is 14.0 Å². The lowest BCUT2D eigenvalue weighted by atomic mass is 9.84. The molecule has 0 spiro atoms. The van der Waals surface area contributed by atoms with E-state index in [4.69, 9.17) is 4.42 Å². The van der Waals surface area contributed by atoms with Crippen LogP contribution in [0.4, 0.5) is 0 Å². The predicted octanol–water partition coefficient (Wildman–Crippen LogP) is 3.61. The Morgan fingerprint density at radius 3 is 2.16 bits per heavy atom. The monoisotopic (exact) mass is 421 g/mol. The Labute approximate surface area is 183 Å². The van der Waals surface area contributed by atoms with Gasteiger partial charge in [0.25, 0.3) is 11.8 Å². The molecule has 164 valence electrons. The van der Waals surface area contributed by atoms with Gasteiger partial charge in [0.05, 0.1) is 6.26 Å². The minimum atomic E-state index is -0.0354. The van der Waals surface area contributed by atoms with Gasteiger partial charge in [0.1, 0.15) is 0 Å². The number of carbonyl (C=O) groups excluding carboxylic acids is 2. The number of carbonyl (C=O) groups is 2. The van der Waals surface area contributed by atoms with Gasteiger partial charge in [-0.25, -0.2) is 0 Å². The van der Waals surface area contributed by atoms with Crippen LogP contribution < -0.4 is 0 Å². The highest BCUT2D eigenvalue weighted by molar-refractivity contribution is 5.95. The first kappa shape index (κ1) is 20.3. The Morgan fingerprint density at radius 1 is 0.806 bits per heavy atom. The van der Waals surface area contributed by atoms with Crippen LogP contribution in [0.15, 0.2) is 47.1 Å². The average Bonchev–Trinajstić information content (AvgIpc) is 3.34. The lowest BCUT2D eigenvalue weighted by molar-refractivity contribution is 0.00795. The van der Waals surface area contributed by atoms with Gasteiger partial charge in [-0.3, -0.25) is 14.5 Å². The molecule has 0 N–H and O–H groups in total. The summed E-state index contributed by atoms with van der Waals surface area (Å²) in [7, 11) is 0. The summed E-state index contributed by atoms with van der Waals surface area (Å²) in [5.41, 5.74) is 2.19. The highest BCUT2D eigenvalue weighted by atomic mass is 16.3. The number of nitrogens with zero attached hydrogens (tertiary/aromatic N) is 3. The number of hydrogen-bond acceptors (Lipinski definition) is 4. The van der Waals surface area contributed by atoms with Crippen molar-refractivity contribution in [2.24, 2.45) is 0 Å². The fourth-order valence-corrected chi connectivity index (χ4v) is 5.21. The first-order valence-corrected chi connectivity index (χ1v) is 11.6. The molecule has 0 radical (unpaired) electrons. The van der Waals surface area contributed by atoms with Gasteiger partial charge in [-0.2, -0.15) is 0 Å². The van der Waals surface area contributed by atoms with Crippen molar-refractivity contribution >= 4 is 11.8 Å². The molecule has 31 heavy (non-hydrogen) atoms. The fourth-order valence-electron chi connectivity index (χ4n) is 5.21. The van der Waals surface area contributed by atoms with E-state index in [1.54, 1.807) is 12.1 Å². The van der Waals surface area contributed by atoms with E-state index >= 15 is 0 Å². The van der Waals surface area contributed by atoms with Gasteiger partial charge in [0.15, 0.2) is 5.76 Å². The van der Waals surface area contributed by atoms with E-state index in [9.17, 15) is 9.59 Å². The van der Waals surface area contributed by atoms with E-state index in [1.165, 1.54) is 43.9 Å². The summed E-state index contributed by atoms with van der Waals surface area (Å²) in [5.74, 6) is 1.18. The van der Waals surface area contributed by atoms with E-state index in [1.807, 2.05) is 21.9 Å². The lowest BCUT2D eigenvalue weighted by Crippen LogP contribution is -2.64. The van der Waals surface area contributed by atoms with E-state index < -0.39 is 0 Å². The minimum absolute atomic E-state index is 0.0354. The maximum atomic E-state index is 12.9. The molecule has 1 aliphatic carbocycles. The highest BCUT2D eigenvalue weighted by Gasteiger charge is 2.37. The van der Waals surface area contributed by atoms with Crippen LogP contribution in [0.1, 0.15) is 64.5 Å². The number of amides is 2. The van der Waals surface area contributed by atoms with E-state index in [0.717, 1.165) is 31.7 Å². The van der Waals surface area contributed by atoms with Gasteiger partial charge in [-0.05, 0) is 48.6 Å². The number of piperazine rings is 1. The number of hydrogen-bond donors (Lipinski definition) is 0. The minimum Gasteiger partial charge on any atom is -0.459 e. The summed E-state index contributed by atoms with van der Waals surface area (Å²) >= 11 is 0. The van der Waals surface area contributed by atoms with Gasteiger partial charge in [-0.15, -0.1) is 0 Å². The Balaban J connectivity index is 1.09. The normalized spacial score (nSPS) is 21.2. The molecule has 5 rings (SSSR count). The maximum Gasteiger partial charge on any atom is 0.289 e. The summed E-state index contributed by atoms with van der Waals surface area (Å²) in [4.78, 5) is 31.5. The topological polar surface area (TPSA) is 57.0 Å². The fraction of sp³-hybridized carbons (Fsp3) is 0.520. The van der Waals surface area contributed by atoms with Gasteiger partial charge >= 0.3 is 0 Å². The molecule has 6 heteroatoms. The van der Waals surface area contributed by atoms with Crippen molar-refractivity contribution in [3.05, 3.63) is 59.5 Å². The maximum absolute atomic E-state index is 12.9. The smallest absolute Gasteiger partial charge is 0.289 e. The Morgan fingerprint density at radius 2 is 1.52 bits per heavy atom. The first-order valence-electron chi connectivity index (χ1n) is 11.6. The second-order valence-corrected chi connectivity index (χ2v) is 9.13. The van der Waals surface area contributed by atoms with Crippen molar-refractivity contribution in [2.75, 3.05) is 39.3 Å².